The molecule has 0 heterocycles. The highest BCUT2D eigenvalue weighted by molar-refractivity contribution is 6.30. The second-order valence-electron chi connectivity index (χ2n) is 4.77. The van der Waals surface area contributed by atoms with E-state index in [0.29, 0.717) is 23.8 Å². The van der Waals surface area contributed by atoms with Crippen LogP contribution in [0.2, 0.25) is 5.02 Å². The quantitative estimate of drug-likeness (QED) is 0.892. The van der Waals surface area contributed by atoms with Crippen LogP contribution in [0.15, 0.2) is 24.3 Å². The molecule has 1 aromatic rings. The number of urea groups is 2. The molecule has 0 fully saturated rings. The predicted molar refractivity (Wildman–Crippen MR) is 85.8 cm³/mol. The summed E-state index contributed by atoms with van der Waals surface area (Å²) in [7, 11) is 1.48. The zero-order valence-electron chi connectivity index (χ0n) is 12.7. The summed E-state index contributed by atoms with van der Waals surface area (Å²) >= 11 is 5.79. The molecule has 1 N–H and O–H groups in total. The van der Waals surface area contributed by atoms with Crippen LogP contribution in [0.3, 0.4) is 0 Å². The number of benzene rings is 1. The molecule has 0 atom stereocenters. The van der Waals surface area contributed by atoms with Crippen molar-refractivity contribution in [3.8, 4) is 0 Å². The Morgan fingerprint density at radius 3 is 2.10 bits per heavy atom. The van der Waals surface area contributed by atoms with Gasteiger partial charge in [-0.15, -0.1) is 0 Å². The van der Waals surface area contributed by atoms with Gasteiger partial charge in [-0.25, -0.2) is 14.5 Å². The highest BCUT2D eigenvalue weighted by Crippen LogP contribution is 2.14. The van der Waals surface area contributed by atoms with Gasteiger partial charge in [0, 0.05) is 30.8 Å². The molecule has 0 unspecified atom stereocenters. The Labute approximate surface area is 130 Å². The summed E-state index contributed by atoms with van der Waals surface area (Å²) in [5, 5.41) is 3.26. The monoisotopic (exact) mass is 311 g/mol. The van der Waals surface area contributed by atoms with Gasteiger partial charge in [0.05, 0.1) is 0 Å². The van der Waals surface area contributed by atoms with Gasteiger partial charge in [0.25, 0.3) is 0 Å². The number of amides is 4. The van der Waals surface area contributed by atoms with E-state index < -0.39 is 6.03 Å². The third-order valence-electron chi connectivity index (χ3n) is 2.94. The molecule has 6 heteroatoms. The van der Waals surface area contributed by atoms with Gasteiger partial charge >= 0.3 is 12.1 Å². The van der Waals surface area contributed by atoms with Crippen LogP contribution in [0.5, 0.6) is 0 Å². The normalized spacial score (nSPS) is 10.1. The number of hydrogen-bond donors (Lipinski definition) is 1. The molecule has 0 aliphatic heterocycles. The number of nitrogens with one attached hydrogen (secondary N) is 1. The van der Waals surface area contributed by atoms with Gasteiger partial charge in [0.15, 0.2) is 0 Å². The van der Waals surface area contributed by atoms with E-state index in [9.17, 15) is 9.59 Å². The van der Waals surface area contributed by atoms with Crippen molar-refractivity contribution >= 4 is 29.4 Å². The Morgan fingerprint density at radius 2 is 1.62 bits per heavy atom. The summed E-state index contributed by atoms with van der Waals surface area (Å²) in [6, 6.07) is 5.99. The van der Waals surface area contributed by atoms with Crippen LogP contribution in [-0.4, -0.2) is 42.0 Å². The van der Waals surface area contributed by atoms with Crippen LogP contribution in [0.1, 0.15) is 26.7 Å². The van der Waals surface area contributed by atoms with Crippen molar-refractivity contribution in [3.63, 3.8) is 0 Å². The smallest absolute Gasteiger partial charge is 0.324 e. The second kappa shape index (κ2) is 8.52. The van der Waals surface area contributed by atoms with E-state index in [4.69, 9.17) is 11.6 Å². The first-order chi connectivity index (χ1) is 9.99. The number of carbonyl (C=O) groups is 2. The van der Waals surface area contributed by atoms with Crippen molar-refractivity contribution in [1.82, 2.24) is 9.80 Å². The maximum absolute atomic E-state index is 12.3. The van der Waals surface area contributed by atoms with Crippen LogP contribution in [0.4, 0.5) is 15.3 Å². The molecule has 0 bridgehead atoms. The van der Waals surface area contributed by atoms with Crippen LogP contribution < -0.4 is 5.32 Å². The van der Waals surface area contributed by atoms with Crippen molar-refractivity contribution in [2.24, 2.45) is 0 Å². The van der Waals surface area contributed by atoms with Gasteiger partial charge in [-0.1, -0.05) is 25.4 Å². The maximum atomic E-state index is 12.3. The van der Waals surface area contributed by atoms with E-state index in [0.717, 1.165) is 17.7 Å². The molecular weight excluding hydrogens is 290 g/mol. The minimum absolute atomic E-state index is 0.287. The lowest BCUT2D eigenvalue weighted by Crippen LogP contribution is -2.46. The van der Waals surface area contributed by atoms with Crippen LogP contribution >= 0.6 is 11.6 Å². The molecule has 116 valence electrons. The fourth-order valence-electron chi connectivity index (χ4n) is 1.88. The number of rotatable bonds is 5. The highest BCUT2D eigenvalue weighted by atomic mass is 35.5. The van der Waals surface area contributed by atoms with E-state index in [-0.39, 0.29) is 6.03 Å². The molecule has 1 aromatic carbocycles. The number of nitrogens with zero attached hydrogens (tertiary/aromatic N) is 2. The van der Waals surface area contributed by atoms with E-state index in [1.165, 1.54) is 7.05 Å². The first kappa shape index (κ1) is 17.3. The van der Waals surface area contributed by atoms with Crippen molar-refractivity contribution in [2.45, 2.75) is 26.7 Å². The van der Waals surface area contributed by atoms with Crippen LogP contribution in [-0.2, 0) is 0 Å². The molecule has 0 spiro atoms. The molecule has 4 amide bonds. The number of halogens is 1. The van der Waals surface area contributed by atoms with Crippen molar-refractivity contribution < 1.29 is 9.59 Å². The molecule has 0 saturated heterocycles. The first-order valence-corrected chi connectivity index (χ1v) is 7.46. The summed E-state index contributed by atoms with van der Waals surface area (Å²) in [6.07, 6.45) is 1.72. The average Bonchev–Trinajstić information content (AvgIpc) is 2.47. The summed E-state index contributed by atoms with van der Waals surface area (Å²) in [5.74, 6) is 0. The SMILES string of the molecule is CCCN(CCC)C(=O)N(C)C(=O)Nc1ccc(Cl)cc1. The van der Waals surface area contributed by atoms with Crippen molar-refractivity contribution in [1.29, 1.82) is 0 Å². The summed E-state index contributed by atoms with van der Waals surface area (Å²) < 4.78 is 0. The Bertz CT molecular complexity index is 470. The molecule has 5 nitrogen and oxygen atoms in total. The number of imide groups is 1. The van der Waals surface area contributed by atoms with Gasteiger partial charge < -0.3 is 10.2 Å². The van der Waals surface area contributed by atoms with E-state index in [2.05, 4.69) is 5.32 Å². The molecule has 0 aliphatic rings. The van der Waals surface area contributed by atoms with Gasteiger partial charge in [-0.05, 0) is 37.1 Å². The first-order valence-electron chi connectivity index (χ1n) is 7.08. The van der Waals surface area contributed by atoms with Crippen LogP contribution in [0, 0.1) is 0 Å². The Hall–Kier alpha value is -1.75. The molecule has 0 saturated carbocycles. The number of hydrogen-bond acceptors (Lipinski definition) is 2. The fraction of sp³-hybridized carbons (Fsp3) is 0.467. The molecule has 1 rings (SSSR count). The van der Waals surface area contributed by atoms with Crippen molar-refractivity contribution in [3.05, 3.63) is 29.3 Å². The van der Waals surface area contributed by atoms with Crippen molar-refractivity contribution in [2.75, 3.05) is 25.5 Å². The van der Waals surface area contributed by atoms with E-state index in [1.807, 2.05) is 13.8 Å². The molecule has 0 aromatic heterocycles. The lowest BCUT2D eigenvalue weighted by Gasteiger charge is -2.26. The number of carbonyl (C=O) groups excluding carboxylic acids is 2. The molecule has 0 radical (unpaired) electrons. The lowest BCUT2D eigenvalue weighted by molar-refractivity contribution is 0.166. The fourth-order valence-corrected chi connectivity index (χ4v) is 2.01. The van der Waals surface area contributed by atoms with Gasteiger partial charge in [0.2, 0.25) is 0 Å². The van der Waals surface area contributed by atoms with Gasteiger partial charge in [-0.3, -0.25) is 0 Å². The number of anilines is 1. The van der Waals surface area contributed by atoms with Crippen LogP contribution in [0.25, 0.3) is 0 Å². The lowest BCUT2D eigenvalue weighted by atomic mass is 10.3. The Kier molecular flexibility index (Phi) is 7.02. The minimum atomic E-state index is -0.459. The highest BCUT2D eigenvalue weighted by Gasteiger charge is 2.22. The molecule has 21 heavy (non-hydrogen) atoms. The molecular formula is C15H22ClN3O2. The Balaban J connectivity index is 2.67. The molecule has 0 aliphatic carbocycles. The third kappa shape index (κ3) is 5.27. The largest absolute Gasteiger partial charge is 0.329 e. The summed E-state index contributed by atoms with van der Waals surface area (Å²) in [6.45, 7) is 5.30. The van der Waals surface area contributed by atoms with Gasteiger partial charge in [0.1, 0.15) is 0 Å². The topological polar surface area (TPSA) is 52.7 Å². The van der Waals surface area contributed by atoms with Gasteiger partial charge in [-0.2, -0.15) is 0 Å². The summed E-state index contributed by atoms with van der Waals surface area (Å²) in [5.41, 5.74) is 0.599. The van der Waals surface area contributed by atoms with E-state index in [1.54, 1.807) is 29.2 Å². The summed E-state index contributed by atoms with van der Waals surface area (Å²) in [4.78, 5) is 27.1. The Morgan fingerprint density at radius 1 is 1.10 bits per heavy atom. The zero-order valence-corrected chi connectivity index (χ0v) is 13.5. The zero-order chi connectivity index (χ0) is 15.8. The maximum Gasteiger partial charge on any atom is 0.329 e. The predicted octanol–water partition coefficient (Wildman–Crippen LogP) is 4.05. The third-order valence-corrected chi connectivity index (χ3v) is 3.20. The average molecular weight is 312 g/mol. The van der Waals surface area contributed by atoms with E-state index >= 15 is 0 Å². The minimum Gasteiger partial charge on any atom is -0.324 e. The standard InChI is InChI=1S/C15H22ClN3O2/c1-4-10-19(11-5-2)15(21)18(3)14(20)17-13-8-6-12(16)7-9-13/h6-9H,4-5,10-11H2,1-3H3,(H,17,20). The second-order valence-corrected chi connectivity index (χ2v) is 5.20.